The predicted molar refractivity (Wildman–Crippen MR) is 128 cm³/mol. The van der Waals surface area contributed by atoms with E-state index in [4.69, 9.17) is 26.8 Å². The van der Waals surface area contributed by atoms with Gasteiger partial charge in [-0.15, -0.1) is 0 Å². The number of carbonyl (C=O) groups is 2. The Labute approximate surface area is 202 Å². The van der Waals surface area contributed by atoms with Crippen LogP contribution in [0.5, 0.6) is 5.75 Å². The molecule has 10 heteroatoms. The summed E-state index contributed by atoms with van der Waals surface area (Å²) in [5, 5.41) is 1.28. The Morgan fingerprint density at radius 1 is 1.24 bits per heavy atom. The average molecular weight is 484 g/mol. The predicted octanol–water partition coefficient (Wildman–Crippen LogP) is 2.52. The highest BCUT2D eigenvalue weighted by Gasteiger charge is 2.41. The number of rotatable bonds is 7. The number of piperazine rings is 1. The topological polar surface area (TPSA) is 111 Å². The van der Waals surface area contributed by atoms with Crippen molar-refractivity contribution in [2.75, 3.05) is 32.6 Å². The summed E-state index contributed by atoms with van der Waals surface area (Å²) >= 11 is 5.98. The van der Waals surface area contributed by atoms with Crippen LogP contribution < -0.4 is 10.5 Å². The first-order chi connectivity index (χ1) is 16.4. The zero-order valence-corrected chi connectivity index (χ0v) is 19.7. The monoisotopic (exact) mass is 483 g/mol. The van der Waals surface area contributed by atoms with Crippen molar-refractivity contribution in [2.24, 2.45) is 0 Å². The molecule has 1 saturated heterocycles. The lowest BCUT2D eigenvalue weighted by Crippen LogP contribution is -2.63. The number of ether oxygens (including phenoxy) is 2. The molecule has 2 heterocycles. The third kappa shape index (κ3) is 5.05. The fraction of sp³-hybridized carbons (Fsp3) is 0.333. The lowest BCUT2D eigenvalue weighted by atomic mass is 10.0. The van der Waals surface area contributed by atoms with Crippen molar-refractivity contribution in [3.8, 4) is 5.75 Å². The van der Waals surface area contributed by atoms with Gasteiger partial charge in [0.15, 0.2) is 6.61 Å². The van der Waals surface area contributed by atoms with E-state index in [0.717, 1.165) is 10.9 Å². The van der Waals surface area contributed by atoms with Gasteiger partial charge >= 0.3 is 0 Å². The summed E-state index contributed by atoms with van der Waals surface area (Å²) in [5.41, 5.74) is 7.54. The molecule has 1 aliphatic heterocycles. The number of nitrogen functional groups attached to an aromatic ring is 1. The van der Waals surface area contributed by atoms with Crippen LogP contribution in [0, 0.1) is 0 Å². The van der Waals surface area contributed by atoms with Crippen LogP contribution >= 0.6 is 11.6 Å². The second kappa shape index (κ2) is 10.2. The highest BCUT2D eigenvalue weighted by molar-refractivity contribution is 6.30. The molecular weight excluding hydrogens is 458 g/mol. The van der Waals surface area contributed by atoms with Crippen LogP contribution in [0.1, 0.15) is 12.5 Å². The lowest BCUT2D eigenvalue weighted by Gasteiger charge is -2.44. The number of halogens is 1. The molecule has 0 aliphatic carbocycles. The van der Waals surface area contributed by atoms with E-state index in [2.05, 4.69) is 9.97 Å². The summed E-state index contributed by atoms with van der Waals surface area (Å²) in [6.45, 7) is 2.54. The number of nitrogens with zero attached hydrogens (tertiary/aromatic N) is 4. The molecule has 34 heavy (non-hydrogen) atoms. The minimum absolute atomic E-state index is 0.0897. The molecule has 178 valence electrons. The van der Waals surface area contributed by atoms with E-state index in [1.54, 1.807) is 29.2 Å². The molecule has 1 aromatic heterocycles. The van der Waals surface area contributed by atoms with Gasteiger partial charge < -0.3 is 25.0 Å². The number of nitrogens with two attached hydrogens (primary N) is 1. The Kier molecular flexibility index (Phi) is 7.14. The summed E-state index contributed by atoms with van der Waals surface area (Å²) in [6.07, 6.45) is 1.42. The largest absolute Gasteiger partial charge is 0.484 e. The molecular formula is C24H26ClN5O4. The molecule has 2 amide bonds. The smallest absolute Gasteiger partial charge is 0.261 e. The number of amides is 2. The van der Waals surface area contributed by atoms with E-state index >= 15 is 0 Å². The SMILES string of the molecule is COC[C@H]1C(=O)N(Cc2ccc3c(N)ncnc3c2)C(C)CN1C(=O)COc1cccc(Cl)c1. The normalized spacial score (nSPS) is 18.4. The van der Waals surface area contributed by atoms with Crippen molar-refractivity contribution in [2.45, 2.75) is 25.6 Å². The van der Waals surface area contributed by atoms with Crippen LogP contribution in [-0.2, 0) is 20.9 Å². The van der Waals surface area contributed by atoms with Crippen LogP contribution in [0.3, 0.4) is 0 Å². The molecule has 1 aliphatic rings. The molecule has 9 nitrogen and oxygen atoms in total. The first-order valence-corrected chi connectivity index (χ1v) is 11.2. The Morgan fingerprint density at radius 3 is 2.82 bits per heavy atom. The van der Waals surface area contributed by atoms with E-state index in [-0.39, 0.29) is 31.1 Å². The molecule has 0 bridgehead atoms. The standard InChI is InChI=1S/C24H26ClN5O4/c1-15-10-30(22(31)13-34-18-5-3-4-17(25)9-18)21(12-33-2)24(32)29(15)11-16-6-7-19-20(8-16)27-14-28-23(19)26/h3-9,14-15,21H,10-13H2,1-2H3,(H2,26,27,28)/t15?,21-/m0/s1. The van der Waals surface area contributed by atoms with Gasteiger partial charge in [0, 0.05) is 36.7 Å². The van der Waals surface area contributed by atoms with Gasteiger partial charge in [-0.05, 0) is 42.8 Å². The van der Waals surface area contributed by atoms with Gasteiger partial charge in [0.25, 0.3) is 5.91 Å². The van der Waals surface area contributed by atoms with Gasteiger partial charge in [0.1, 0.15) is 23.9 Å². The summed E-state index contributed by atoms with van der Waals surface area (Å²) in [6, 6.07) is 11.5. The summed E-state index contributed by atoms with van der Waals surface area (Å²) in [4.78, 5) is 38.0. The molecule has 2 N–H and O–H groups in total. The van der Waals surface area contributed by atoms with Crippen molar-refractivity contribution in [1.82, 2.24) is 19.8 Å². The first-order valence-electron chi connectivity index (χ1n) is 10.8. The van der Waals surface area contributed by atoms with E-state index in [1.807, 2.05) is 25.1 Å². The van der Waals surface area contributed by atoms with Gasteiger partial charge in [-0.3, -0.25) is 9.59 Å². The van der Waals surface area contributed by atoms with E-state index in [0.29, 0.717) is 35.2 Å². The molecule has 0 saturated carbocycles. The third-order valence-corrected chi connectivity index (χ3v) is 6.06. The van der Waals surface area contributed by atoms with Crippen LogP contribution in [0.25, 0.3) is 10.9 Å². The zero-order valence-electron chi connectivity index (χ0n) is 19.0. The van der Waals surface area contributed by atoms with Crippen molar-refractivity contribution < 1.29 is 19.1 Å². The minimum Gasteiger partial charge on any atom is -0.484 e. The summed E-state index contributed by atoms with van der Waals surface area (Å²) in [5.74, 6) is 0.426. The van der Waals surface area contributed by atoms with Crippen LogP contribution in [0.15, 0.2) is 48.8 Å². The number of aromatic nitrogens is 2. The maximum Gasteiger partial charge on any atom is 0.261 e. The first kappa shape index (κ1) is 23.7. The highest BCUT2D eigenvalue weighted by Crippen LogP contribution is 2.24. The maximum atomic E-state index is 13.4. The van der Waals surface area contributed by atoms with Crippen LogP contribution in [0.4, 0.5) is 5.82 Å². The second-order valence-corrected chi connectivity index (χ2v) is 8.63. The number of hydrogen-bond donors (Lipinski definition) is 1. The number of hydrogen-bond acceptors (Lipinski definition) is 7. The van der Waals surface area contributed by atoms with Crippen molar-refractivity contribution >= 4 is 40.1 Å². The minimum atomic E-state index is -0.741. The Morgan fingerprint density at radius 2 is 2.06 bits per heavy atom. The highest BCUT2D eigenvalue weighted by atomic mass is 35.5. The number of benzene rings is 2. The zero-order chi connectivity index (χ0) is 24.2. The lowest BCUT2D eigenvalue weighted by molar-refractivity contribution is -0.159. The van der Waals surface area contributed by atoms with Gasteiger partial charge in [-0.2, -0.15) is 0 Å². The van der Waals surface area contributed by atoms with Crippen molar-refractivity contribution in [1.29, 1.82) is 0 Å². The van der Waals surface area contributed by atoms with E-state index in [1.165, 1.54) is 18.3 Å². The van der Waals surface area contributed by atoms with Crippen molar-refractivity contribution in [3.05, 3.63) is 59.4 Å². The quantitative estimate of drug-likeness (QED) is 0.549. The maximum absolute atomic E-state index is 13.4. The Bertz CT molecular complexity index is 1210. The fourth-order valence-corrected chi connectivity index (χ4v) is 4.26. The number of methoxy groups -OCH3 is 1. The molecule has 0 spiro atoms. The molecule has 2 atom stereocenters. The molecule has 4 rings (SSSR count). The number of carbonyl (C=O) groups excluding carboxylic acids is 2. The number of fused-ring (bicyclic) bond motifs is 1. The molecule has 0 radical (unpaired) electrons. The van der Waals surface area contributed by atoms with Crippen LogP contribution in [0.2, 0.25) is 5.02 Å². The molecule has 1 unspecified atom stereocenters. The van der Waals surface area contributed by atoms with Crippen LogP contribution in [-0.4, -0.2) is 70.5 Å². The van der Waals surface area contributed by atoms with Gasteiger partial charge in [-0.1, -0.05) is 23.7 Å². The van der Waals surface area contributed by atoms with Crippen molar-refractivity contribution in [3.63, 3.8) is 0 Å². The summed E-state index contributed by atoms with van der Waals surface area (Å²) in [7, 11) is 1.51. The molecule has 3 aromatic rings. The van der Waals surface area contributed by atoms with Gasteiger partial charge in [0.2, 0.25) is 5.91 Å². The van der Waals surface area contributed by atoms with Gasteiger partial charge in [0.05, 0.1) is 12.1 Å². The third-order valence-electron chi connectivity index (χ3n) is 5.83. The average Bonchev–Trinajstić information content (AvgIpc) is 2.82. The van der Waals surface area contributed by atoms with E-state index < -0.39 is 6.04 Å². The van der Waals surface area contributed by atoms with E-state index in [9.17, 15) is 9.59 Å². The molecule has 1 fully saturated rings. The second-order valence-electron chi connectivity index (χ2n) is 8.19. The Hall–Kier alpha value is -3.43. The summed E-state index contributed by atoms with van der Waals surface area (Å²) < 4.78 is 10.9. The Balaban J connectivity index is 1.49. The van der Waals surface area contributed by atoms with Gasteiger partial charge in [-0.25, -0.2) is 9.97 Å². The fourth-order valence-electron chi connectivity index (χ4n) is 4.08. The molecule has 2 aromatic carbocycles. The number of anilines is 1.